The van der Waals surface area contributed by atoms with E-state index in [4.69, 9.17) is 23.2 Å². The van der Waals surface area contributed by atoms with Crippen molar-refractivity contribution < 1.29 is 9.59 Å². The summed E-state index contributed by atoms with van der Waals surface area (Å²) in [5.74, 6) is -0.591. The van der Waals surface area contributed by atoms with Crippen molar-refractivity contribution in [1.29, 1.82) is 0 Å². The van der Waals surface area contributed by atoms with Crippen LogP contribution in [0.2, 0.25) is 10.0 Å². The van der Waals surface area contributed by atoms with E-state index in [9.17, 15) is 9.59 Å². The molecule has 1 aliphatic carbocycles. The molecule has 0 saturated carbocycles. The highest BCUT2D eigenvalue weighted by Gasteiger charge is 2.20. The van der Waals surface area contributed by atoms with Crippen LogP contribution in [-0.2, 0) is 9.59 Å². The van der Waals surface area contributed by atoms with E-state index < -0.39 is 0 Å². The Hall–Kier alpha value is -1.38. The number of hydrogen-bond donors (Lipinski definition) is 0. The highest BCUT2D eigenvalue weighted by Crippen LogP contribution is 2.24. The minimum absolute atomic E-state index is 0.129. The van der Waals surface area contributed by atoms with Crippen LogP contribution in [0.5, 0.6) is 0 Å². The maximum absolute atomic E-state index is 11.3. The van der Waals surface area contributed by atoms with Gasteiger partial charge in [-0.15, -0.1) is 0 Å². The van der Waals surface area contributed by atoms with Crippen LogP contribution in [0.15, 0.2) is 35.9 Å². The lowest BCUT2D eigenvalue weighted by Gasteiger charge is -2.00. The molecule has 0 spiro atoms. The van der Waals surface area contributed by atoms with Crippen molar-refractivity contribution in [3.05, 3.63) is 51.5 Å². The van der Waals surface area contributed by atoms with E-state index in [2.05, 4.69) is 0 Å². The first kappa shape index (κ1) is 11.1. The molecular formula is C12H6Cl2O2. The van der Waals surface area contributed by atoms with Crippen LogP contribution in [0, 0.1) is 0 Å². The van der Waals surface area contributed by atoms with Crippen molar-refractivity contribution in [1.82, 2.24) is 0 Å². The molecule has 2 rings (SSSR count). The van der Waals surface area contributed by atoms with Crippen molar-refractivity contribution in [2.24, 2.45) is 0 Å². The van der Waals surface area contributed by atoms with E-state index in [1.165, 1.54) is 18.2 Å². The van der Waals surface area contributed by atoms with Gasteiger partial charge in [0.05, 0.1) is 5.57 Å². The topological polar surface area (TPSA) is 34.1 Å². The summed E-state index contributed by atoms with van der Waals surface area (Å²) in [6, 6.07) is 4.88. The van der Waals surface area contributed by atoms with Crippen LogP contribution >= 0.6 is 23.2 Å². The molecule has 0 fully saturated rings. The molecule has 0 atom stereocenters. The predicted octanol–water partition coefficient (Wildman–Crippen LogP) is 3.08. The molecule has 0 aliphatic heterocycles. The van der Waals surface area contributed by atoms with Crippen molar-refractivity contribution >= 4 is 40.8 Å². The first-order valence-corrected chi connectivity index (χ1v) is 5.27. The van der Waals surface area contributed by atoms with Crippen molar-refractivity contribution in [3.63, 3.8) is 0 Å². The second-order valence-electron chi connectivity index (χ2n) is 3.29. The molecule has 0 bridgehead atoms. The third-order valence-corrected chi connectivity index (χ3v) is 2.74. The molecule has 0 amide bonds. The third-order valence-electron chi connectivity index (χ3n) is 2.18. The quantitative estimate of drug-likeness (QED) is 0.569. The lowest BCUT2D eigenvalue weighted by Crippen LogP contribution is -2.00. The number of halogens is 2. The van der Waals surface area contributed by atoms with Gasteiger partial charge < -0.3 is 0 Å². The summed E-state index contributed by atoms with van der Waals surface area (Å²) in [4.78, 5) is 22.6. The van der Waals surface area contributed by atoms with E-state index in [0.717, 1.165) is 0 Å². The Morgan fingerprint density at radius 3 is 2.19 bits per heavy atom. The number of carbonyl (C=O) groups excluding carboxylic acids is 2. The average Bonchev–Trinajstić information content (AvgIpc) is 2.53. The summed E-state index contributed by atoms with van der Waals surface area (Å²) < 4.78 is 0. The van der Waals surface area contributed by atoms with Crippen LogP contribution in [-0.4, -0.2) is 11.6 Å². The summed E-state index contributed by atoms with van der Waals surface area (Å²) in [7, 11) is 0. The van der Waals surface area contributed by atoms with E-state index >= 15 is 0 Å². The molecule has 0 radical (unpaired) electrons. The maximum atomic E-state index is 11.3. The minimum atomic E-state index is -0.295. The summed E-state index contributed by atoms with van der Waals surface area (Å²) in [6.07, 6.45) is 3.97. The Bertz CT molecular complexity index is 522. The second-order valence-corrected chi connectivity index (χ2v) is 4.13. The van der Waals surface area contributed by atoms with Gasteiger partial charge in [-0.1, -0.05) is 29.3 Å². The highest BCUT2D eigenvalue weighted by molar-refractivity contribution is 6.38. The van der Waals surface area contributed by atoms with E-state index in [1.54, 1.807) is 18.2 Å². The number of hydrogen-bond acceptors (Lipinski definition) is 2. The first-order valence-electron chi connectivity index (χ1n) is 4.51. The van der Waals surface area contributed by atoms with Gasteiger partial charge in [0.2, 0.25) is 0 Å². The maximum Gasteiger partial charge on any atom is 0.189 e. The highest BCUT2D eigenvalue weighted by atomic mass is 35.5. The Kier molecular flexibility index (Phi) is 2.95. The van der Waals surface area contributed by atoms with Crippen LogP contribution in [0.25, 0.3) is 6.08 Å². The number of rotatable bonds is 1. The molecule has 4 heteroatoms. The van der Waals surface area contributed by atoms with Crippen LogP contribution in [0.4, 0.5) is 0 Å². The van der Waals surface area contributed by atoms with Gasteiger partial charge in [-0.05, 0) is 35.9 Å². The van der Waals surface area contributed by atoms with Crippen LogP contribution in [0.1, 0.15) is 5.56 Å². The summed E-state index contributed by atoms with van der Waals surface area (Å²) in [5.41, 5.74) is 0.732. The molecule has 0 unspecified atom stereocenters. The molecule has 16 heavy (non-hydrogen) atoms. The first-order chi connectivity index (χ1) is 7.58. The molecular weight excluding hydrogens is 247 g/mol. The Morgan fingerprint density at radius 2 is 1.62 bits per heavy atom. The van der Waals surface area contributed by atoms with E-state index in [1.807, 2.05) is 0 Å². The largest absolute Gasteiger partial charge is 0.289 e. The standard InChI is InChI=1S/C12H6Cl2O2/c13-8-2-1-7(10(14)6-8)5-9-11(15)3-4-12(9)16/h1-6H. The number of carbonyl (C=O) groups is 2. The molecule has 0 aromatic heterocycles. The molecule has 2 nitrogen and oxygen atoms in total. The Labute approximate surface area is 102 Å². The molecule has 0 heterocycles. The zero-order chi connectivity index (χ0) is 11.7. The fourth-order valence-electron chi connectivity index (χ4n) is 1.37. The number of allylic oxidation sites excluding steroid dienone is 3. The summed E-state index contributed by atoms with van der Waals surface area (Å²) >= 11 is 11.7. The van der Waals surface area contributed by atoms with Crippen molar-refractivity contribution in [2.45, 2.75) is 0 Å². The number of ketones is 2. The molecule has 1 aromatic carbocycles. The SMILES string of the molecule is O=C1C=CC(=O)C1=Cc1ccc(Cl)cc1Cl. The van der Waals surface area contributed by atoms with Gasteiger partial charge in [-0.25, -0.2) is 0 Å². The Balaban J connectivity index is 2.44. The minimum Gasteiger partial charge on any atom is -0.289 e. The third kappa shape index (κ3) is 2.08. The Morgan fingerprint density at radius 1 is 1.00 bits per heavy atom. The van der Waals surface area contributed by atoms with Gasteiger partial charge >= 0.3 is 0 Å². The van der Waals surface area contributed by atoms with Crippen molar-refractivity contribution in [2.75, 3.05) is 0 Å². The summed E-state index contributed by atoms with van der Waals surface area (Å²) in [5, 5.41) is 0.918. The zero-order valence-corrected chi connectivity index (χ0v) is 9.55. The monoisotopic (exact) mass is 252 g/mol. The van der Waals surface area contributed by atoms with Crippen LogP contribution < -0.4 is 0 Å². The van der Waals surface area contributed by atoms with Gasteiger partial charge in [0, 0.05) is 10.0 Å². The normalized spacial score (nSPS) is 14.8. The number of benzene rings is 1. The molecule has 1 aliphatic rings. The van der Waals surface area contributed by atoms with E-state index in [-0.39, 0.29) is 17.1 Å². The molecule has 0 N–H and O–H groups in total. The molecule has 0 saturated heterocycles. The van der Waals surface area contributed by atoms with E-state index in [0.29, 0.717) is 15.6 Å². The lowest BCUT2D eigenvalue weighted by molar-refractivity contribution is -0.115. The van der Waals surface area contributed by atoms with Gasteiger partial charge in [-0.3, -0.25) is 9.59 Å². The lowest BCUT2D eigenvalue weighted by atomic mass is 10.1. The molecule has 80 valence electrons. The molecule has 1 aromatic rings. The van der Waals surface area contributed by atoms with Crippen LogP contribution in [0.3, 0.4) is 0 Å². The summed E-state index contributed by atoms with van der Waals surface area (Å²) in [6.45, 7) is 0. The van der Waals surface area contributed by atoms with Crippen molar-refractivity contribution in [3.8, 4) is 0 Å². The smallest absolute Gasteiger partial charge is 0.189 e. The van der Waals surface area contributed by atoms with Gasteiger partial charge in [0.1, 0.15) is 0 Å². The fraction of sp³-hybridized carbons (Fsp3) is 0. The fourth-order valence-corrected chi connectivity index (χ4v) is 1.83. The zero-order valence-electron chi connectivity index (χ0n) is 8.04. The predicted molar refractivity (Wildman–Crippen MR) is 63.6 cm³/mol. The van der Waals surface area contributed by atoms with Gasteiger partial charge in [0.25, 0.3) is 0 Å². The second kappa shape index (κ2) is 4.24. The average molecular weight is 253 g/mol. The van der Waals surface area contributed by atoms with Gasteiger partial charge in [-0.2, -0.15) is 0 Å². The van der Waals surface area contributed by atoms with Gasteiger partial charge in [0.15, 0.2) is 11.6 Å².